The number of hydrogen-bond acceptors (Lipinski definition) is 5. The molecule has 0 aliphatic heterocycles. The van der Waals surface area contributed by atoms with Gasteiger partial charge in [-0.15, -0.1) is 0 Å². The zero-order valence-corrected chi connectivity index (χ0v) is 17.9. The van der Waals surface area contributed by atoms with E-state index in [9.17, 15) is 4.79 Å². The minimum atomic E-state index is -0.785. The number of oxime groups is 1. The van der Waals surface area contributed by atoms with Crippen molar-refractivity contribution in [2.45, 2.75) is 46.6 Å². The number of allylic oxidation sites excluding steroid dienone is 2. The number of nitrogens with zero attached hydrogens (tertiary/aromatic N) is 1. The molecule has 0 saturated carbocycles. The Morgan fingerprint density at radius 1 is 1.00 bits per heavy atom. The lowest BCUT2D eigenvalue weighted by Crippen LogP contribution is -2.25. The van der Waals surface area contributed by atoms with Gasteiger partial charge in [0.1, 0.15) is 17.2 Å². The maximum atomic E-state index is 12.1. The molecule has 0 radical (unpaired) electrons. The Balaban J connectivity index is 1.83. The number of carbonyl (C=O) groups is 1. The molecule has 0 heterocycles. The molecule has 0 aliphatic carbocycles. The molecule has 2 aromatic rings. The molecule has 0 fully saturated rings. The van der Waals surface area contributed by atoms with Crippen molar-refractivity contribution in [3.05, 3.63) is 65.2 Å². The van der Waals surface area contributed by atoms with E-state index in [1.165, 1.54) is 5.57 Å². The van der Waals surface area contributed by atoms with Crippen LogP contribution < -0.4 is 9.47 Å². The van der Waals surface area contributed by atoms with Gasteiger partial charge >= 0.3 is 5.97 Å². The Morgan fingerprint density at radius 2 is 1.55 bits per heavy atom. The van der Waals surface area contributed by atoms with E-state index in [0.717, 1.165) is 18.6 Å². The molecule has 0 saturated heterocycles. The molecule has 0 aromatic heterocycles. The second-order valence-corrected chi connectivity index (χ2v) is 7.28. The van der Waals surface area contributed by atoms with Crippen molar-refractivity contribution < 1.29 is 19.1 Å². The quantitative estimate of drug-likeness (QED) is 0.201. The summed E-state index contributed by atoms with van der Waals surface area (Å²) in [6.07, 6.45) is 2.94. The summed E-state index contributed by atoms with van der Waals surface area (Å²) in [7, 11) is 0. The van der Waals surface area contributed by atoms with Gasteiger partial charge in [-0.05, 0) is 89.1 Å². The van der Waals surface area contributed by atoms with Gasteiger partial charge < -0.3 is 14.3 Å². The summed E-state index contributed by atoms with van der Waals surface area (Å²) in [5.41, 5.74) is 2.01. The smallest absolute Gasteiger partial charge is 0.374 e. The fourth-order valence-corrected chi connectivity index (χ4v) is 2.42. The number of hydrogen-bond donors (Lipinski definition) is 0. The molecule has 0 amide bonds. The lowest BCUT2D eigenvalue weighted by atomic mass is 10.2. The van der Waals surface area contributed by atoms with E-state index in [4.69, 9.17) is 25.9 Å². The van der Waals surface area contributed by atoms with Gasteiger partial charge in [-0.25, -0.2) is 4.79 Å². The summed E-state index contributed by atoms with van der Waals surface area (Å²) in [6, 6.07) is 14.0. The molecular formula is C23H26ClNO4. The minimum absolute atomic E-state index is 0.530. The van der Waals surface area contributed by atoms with Crippen LogP contribution in [0.15, 0.2) is 65.3 Å². The van der Waals surface area contributed by atoms with Crippen molar-refractivity contribution in [3.8, 4) is 17.2 Å². The summed E-state index contributed by atoms with van der Waals surface area (Å²) in [6.45, 7) is 7.54. The van der Waals surface area contributed by atoms with Crippen molar-refractivity contribution in [3.63, 3.8) is 0 Å². The van der Waals surface area contributed by atoms with Crippen LogP contribution in [-0.4, -0.2) is 17.8 Å². The summed E-state index contributed by atoms with van der Waals surface area (Å²) in [5, 5.41) is 4.53. The largest absolute Gasteiger partial charge is 0.479 e. The van der Waals surface area contributed by atoms with Crippen LogP contribution in [-0.2, 0) is 9.63 Å². The Hall–Kier alpha value is -2.79. The zero-order chi connectivity index (χ0) is 21.2. The van der Waals surface area contributed by atoms with E-state index in [0.29, 0.717) is 22.3 Å². The first kappa shape index (κ1) is 22.5. The molecule has 154 valence electrons. The summed E-state index contributed by atoms with van der Waals surface area (Å²) in [4.78, 5) is 17.0. The highest BCUT2D eigenvalue weighted by molar-refractivity contribution is 6.30. The molecule has 0 bridgehead atoms. The lowest BCUT2D eigenvalue weighted by molar-refractivity contribution is -0.151. The first-order chi connectivity index (χ1) is 13.8. The van der Waals surface area contributed by atoms with E-state index in [1.807, 2.05) is 20.8 Å². The third kappa shape index (κ3) is 8.40. The minimum Gasteiger partial charge on any atom is -0.479 e. The van der Waals surface area contributed by atoms with Crippen LogP contribution in [0.4, 0.5) is 0 Å². The zero-order valence-electron chi connectivity index (χ0n) is 17.1. The van der Waals surface area contributed by atoms with Gasteiger partial charge in [-0.2, -0.15) is 0 Å². The normalized spacial score (nSPS) is 12.1. The fourth-order valence-electron chi connectivity index (χ4n) is 2.29. The predicted octanol–water partition coefficient (Wildman–Crippen LogP) is 6.57. The Kier molecular flexibility index (Phi) is 8.74. The molecule has 0 aliphatic rings. The topological polar surface area (TPSA) is 57.1 Å². The highest BCUT2D eigenvalue weighted by Crippen LogP contribution is 2.25. The van der Waals surface area contributed by atoms with Gasteiger partial charge in [0.15, 0.2) is 6.10 Å². The predicted molar refractivity (Wildman–Crippen MR) is 116 cm³/mol. The van der Waals surface area contributed by atoms with Gasteiger partial charge in [-0.1, -0.05) is 28.4 Å². The maximum absolute atomic E-state index is 12.1. The van der Waals surface area contributed by atoms with E-state index >= 15 is 0 Å². The average molecular weight is 416 g/mol. The van der Waals surface area contributed by atoms with Gasteiger partial charge in [-0.3, -0.25) is 0 Å². The Bertz CT molecular complexity index is 853. The van der Waals surface area contributed by atoms with Gasteiger partial charge in [0, 0.05) is 5.02 Å². The van der Waals surface area contributed by atoms with Crippen molar-refractivity contribution in [2.75, 3.05) is 0 Å². The van der Waals surface area contributed by atoms with Crippen molar-refractivity contribution in [2.24, 2.45) is 5.16 Å². The van der Waals surface area contributed by atoms with Crippen molar-refractivity contribution >= 4 is 23.3 Å². The fraction of sp³-hybridized carbons (Fsp3) is 0.304. The third-order valence-corrected chi connectivity index (χ3v) is 4.12. The molecule has 29 heavy (non-hydrogen) atoms. The van der Waals surface area contributed by atoms with Crippen LogP contribution in [0.3, 0.4) is 0 Å². The van der Waals surface area contributed by atoms with Crippen LogP contribution in [0.1, 0.15) is 40.5 Å². The monoisotopic (exact) mass is 415 g/mol. The van der Waals surface area contributed by atoms with Gasteiger partial charge in [0.05, 0.1) is 5.71 Å². The summed E-state index contributed by atoms with van der Waals surface area (Å²) < 4.78 is 11.3. The molecule has 2 rings (SSSR count). The standard InChI is InChI=1S/C23H26ClNO4/c1-16(2)6-5-7-17(3)25-29-23(26)18(4)27-20-12-14-22(15-13-20)28-21-10-8-19(24)9-11-21/h6,8-15,18H,5,7H2,1-4H3. The van der Waals surface area contributed by atoms with E-state index in [-0.39, 0.29) is 0 Å². The molecule has 2 aromatic carbocycles. The number of carbonyl (C=O) groups excluding carboxylic acids is 1. The Labute approximate surface area is 176 Å². The second kappa shape index (κ2) is 11.3. The second-order valence-electron chi connectivity index (χ2n) is 6.84. The van der Waals surface area contributed by atoms with Gasteiger partial charge in [0.2, 0.25) is 0 Å². The molecule has 0 N–H and O–H groups in total. The number of halogens is 1. The van der Waals surface area contributed by atoms with Crippen molar-refractivity contribution in [1.29, 1.82) is 0 Å². The van der Waals surface area contributed by atoms with E-state index in [1.54, 1.807) is 55.5 Å². The molecule has 0 spiro atoms. The summed E-state index contributed by atoms with van der Waals surface area (Å²) >= 11 is 5.86. The molecule has 5 nitrogen and oxygen atoms in total. The first-order valence-electron chi connectivity index (χ1n) is 9.41. The van der Waals surface area contributed by atoms with E-state index in [2.05, 4.69) is 11.2 Å². The van der Waals surface area contributed by atoms with Crippen LogP contribution in [0.5, 0.6) is 17.2 Å². The average Bonchev–Trinajstić information content (AvgIpc) is 2.69. The van der Waals surface area contributed by atoms with E-state index < -0.39 is 12.1 Å². The van der Waals surface area contributed by atoms with Crippen molar-refractivity contribution in [1.82, 2.24) is 0 Å². The molecule has 1 unspecified atom stereocenters. The van der Waals surface area contributed by atoms with Crippen LogP contribution in [0.25, 0.3) is 0 Å². The highest BCUT2D eigenvalue weighted by atomic mass is 35.5. The number of benzene rings is 2. The highest BCUT2D eigenvalue weighted by Gasteiger charge is 2.17. The summed E-state index contributed by atoms with van der Waals surface area (Å²) in [5.74, 6) is 1.31. The maximum Gasteiger partial charge on any atom is 0.374 e. The number of ether oxygens (including phenoxy) is 2. The Morgan fingerprint density at radius 3 is 2.14 bits per heavy atom. The van der Waals surface area contributed by atoms with Gasteiger partial charge in [0.25, 0.3) is 0 Å². The molecule has 6 heteroatoms. The van der Waals surface area contributed by atoms with Crippen LogP contribution >= 0.6 is 11.6 Å². The number of rotatable bonds is 9. The first-order valence-corrected chi connectivity index (χ1v) is 9.79. The van der Waals surface area contributed by atoms with Crippen LogP contribution in [0.2, 0.25) is 5.02 Å². The molecular weight excluding hydrogens is 390 g/mol. The molecule has 1 atom stereocenters. The lowest BCUT2D eigenvalue weighted by Gasteiger charge is -2.12. The SMILES string of the molecule is CC(C)=CCCC(C)=NOC(=O)C(C)Oc1ccc(Oc2ccc(Cl)cc2)cc1. The third-order valence-electron chi connectivity index (χ3n) is 3.87. The van der Waals surface area contributed by atoms with Crippen LogP contribution in [0, 0.1) is 0 Å².